The number of hydrogen-bond acceptors (Lipinski definition) is 4. The van der Waals surface area contributed by atoms with E-state index in [1.807, 2.05) is 18.4 Å². The van der Waals surface area contributed by atoms with Gasteiger partial charge in [-0.05, 0) is 32.2 Å². The van der Waals surface area contributed by atoms with Crippen LogP contribution in [0.1, 0.15) is 63.4 Å². The zero-order chi connectivity index (χ0) is 15.0. The van der Waals surface area contributed by atoms with Gasteiger partial charge in [0.2, 0.25) is 0 Å². The molecule has 1 saturated carbocycles. The van der Waals surface area contributed by atoms with E-state index < -0.39 is 0 Å². The van der Waals surface area contributed by atoms with Gasteiger partial charge in [0.25, 0.3) is 0 Å². The minimum Gasteiger partial charge on any atom is -0.345 e. The maximum absolute atomic E-state index is 5.08. The fourth-order valence-corrected chi connectivity index (χ4v) is 5.34. The smallest absolute Gasteiger partial charge is 0.186 e. The van der Waals surface area contributed by atoms with Crippen LogP contribution < -0.4 is 10.2 Å². The number of nitrogens with zero attached hydrogens (tertiary/aromatic N) is 2. The van der Waals surface area contributed by atoms with Crippen molar-refractivity contribution in [1.29, 1.82) is 0 Å². The first-order valence-electron chi connectivity index (χ1n) is 8.42. The van der Waals surface area contributed by atoms with Crippen molar-refractivity contribution in [1.82, 2.24) is 10.3 Å². The molecule has 3 rings (SSSR count). The topological polar surface area (TPSA) is 28.2 Å². The Morgan fingerprint density at radius 2 is 2.00 bits per heavy atom. The van der Waals surface area contributed by atoms with E-state index >= 15 is 0 Å². The molecule has 21 heavy (non-hydrogen) atoms. The van der Waals surface area contributed by atoms with Crippen LogP contribution in [0.5, 0.6) is 0 Å². The average molecular weight is 308 g/mol. The largest absolute Gasteiger partial charge is 0.345 e. The normalized spacial score (nSPS) is 26.2. The molecule has 4 heteroatoms. The Hall–Kier alpha value is -0.610. The van der Waals surface area contributed by atoms with Gasteiger partial charge >= 0.3 is 0 Å². The molecule has 2 atom stereocenters. The molecule has 2 heterocycles. The van der Waals surface area contributed by atoms with Crippen LogP contribution in [0.3, 0.4) is 0 Å². The zero-order valence-corrected chi connectivity index (χ0v) is 14.7. The van der Waals surface area contributed by atoms with Crippen molar-refractivity contribution in [3.8, 4) is 0 Å². The highest BCUT2D eigenvalue weighted by Crippen LogP contribution is 2.42. The van der Waals surface area contributed by atoms with Gasteiger partial charge in [-0.2, -0.15) is 0 Å². The van der Waals surface area contributed by atoms with Gasteiger partial charge in [-0.25, -0.2) is 4.98 Å². The number of aromatic nitrogens is 1. The van der Waals surface area contributed by atoms with Crippen LogP contribution in [0.2, 0.25) is 0 Å². The van der Waals surface area contributed by atoms with Crippen molar-refractivity contribution >= 4 is 16.5 Å². The van der Waals surface area contributed by atoms with Crippen molar-refractivity contribution < 1.29 is 0 Å². The molecule has 0 bridgehead atoms. The highest BCUT2D eigenvalue weighted by Gasteiger charge is 2.37. The number of nitrogens with one attached hydrogen (secondary N) is 1. The van der Waals surface area contributed by atoms with Gasteiger partial charge in [0.05, 0.1) is 5.69 Å². The maximum atomic E-state index is 5.08. The van der Waals surface area contributed by atoms with Crippen molar-refractivity contribution in [2.24, 2.45) is 5.92 Å². The fourth-order valence-electron chi connectivity index (χ4n) is 3.97. The predicted octanol–water partition coefficient (Wildman–Crippen LogP) is 3.93. The molecule has 0 aromatic carbocycles. The van der Waals surface area contributed by atoms with E-state index in [2.05, 4.69) is 31.0 Å². The van der Waals surface area contributed by atoms with Crippen LogP contribution in [0, 0.1) is 5.92 Å². The van der Waals surface area contributed by atoms with Crippen LogP contribution in [0.4, 0.5) is 5.13 Å². The summed E-state index contributed by atoms with van der Waals surface area (Å²) in [5.41, 5.74) is 1.42. The third-order valence-electron chi connectivity index (χ3n) is 4.99. The Labute approximate surface area is 133 Å². The molecule has 1 aliphatic carbocycles. The third kappa shape index (κ3) is 2.98. The zero-order valence-electron chi connectivity index (χ0n) is 13.9. The lowest BCUT2D eigenvalue weighted by molar-refractivity contribution is 0.342. The molecule has 1 saturated heterocycles. The van der Waals surface area contributed by atoms with Crippen molar-refractivity contribution in [2.45, 2.75) is 70.9 Å². The molecule has 1 N–H and O–H groups in total. The Bertz CT molecular complexity index is 489. The van der Waals surface area contributed by atoms with E-state index in [4.69, 9.17) is 4.98 Å². The number of rotatable bonds is 3. The van der Waals surface area contributed by atoms with Gasteiger partial charge in [-0.3, -0.25) is 0 Å². The summed E-state index contributed by atoms with van der Waals surface area (Å²) < 4.78 is 0. The fraction of sp³-hybridized carbons (Fsp3) is 0.824. The van der Waals surface area contributed by atoms with Crippen molar-refractivity contribution in [2.75, 3.05) is 18.5 Å². The number of thiazole rings is 1. The summed E-state index contributed by atoms with van der Waals surface area (Å²) in [4.78, 5) is 9.12. The SMILES string of the molecule is CNCc1sc(N2CCC3CCCCC32)nc1C(C)(C)C. The Morgan fingerprint density at radius 3 is 2.71 bits per heavy atom. The Kier molecular flexibility index (Phi) is 4.28. The first-order chi connectivity index (χ1) is 10.0. The van der Waals surface area contributed by atoms with E-state index in [1.165, 1.54) is 54.4 Å². The van der Waals surface area contributed by atoms with E-state index in [1.54, 1.807) is 0 Å². The molecule has 0 amide bonds. The first-order valence-corrected chi connectivity index (χ1v) is 9.24. The number of hydrogen-bond donors (Lipinski definition) is 1. The number of fused-ring (bicyclic) bond motifs is 1. The van der Waals surface area contributed by atoms with Crippen LogP contribution in [-0.4, -0.2) is 24.6 Å². The lowest BCUT2D eigenvalue weighted by Crippen LogP contribution is -2.34. The first kappa shape index (κ1) is 15.3. The lowest BCUT2D eigenvalue weighted by atomic mass is 9.85. The highest BCUT2D eigenvalue weighted by atomic mass is 32.1. The quantitative estimate of drug-likeness (QED) is 0.917. The second-order valence-electron chi connectivity index (χ2n) is 7.64. The summed E-state index contributed by atoms with van der Waals surface area (Å²) in [6.07, 6.45) is 7.01. The number of anilines is 1. The van der Waals surface area contributed by atoms with E-state index in [9.17, 15) is 0 Å². The molecule has 3 nitrogen and oxygen atoms in total. The van der Waals surface area contributed by atoms with Gasteiger partial charge in [-0.15, -0.1) is 11.3 Å². The molecule has 2 aliphatic rings. The van der Waals surface area contributed by atoms with E-state index in [-0.39, 0.29) is 5.41 Å². The average Bonchev–Trinajstić information content (AvgIpc) is 3.02. The second-order valence-corrected chi connectivity index (χ2v) is 8.70. The van der Waals surface area contributed by atoms with E-state index in [0.717, 1.165) is 18.5 Å². The lowest BCUT2D eigenvalue weighted by Gasteiger charge is -2.31. The molecule has 1 aromatic rings. The third-order valence-corrected chi connectivity index (χ3v) is 6.08. The molecule has 0 radical (unpaired) electrons. The predicted molar refractivity (Wildman–Crippen MR) is 91.3 cm³/mol. The molecule has 1 aromatic heterocycles. The molecule has 1 aliphatic heterocycles. The van der Waals surface area contributed by atoms with Crippen LogP contribution in [-0.2, 0) is 12.0 Å². The molecule has 2 unspecified atom stereocenters. The van der Waals surface area contributed by atoms with Gasteiger partial charge in [-0.1, -0.05) is 33.6 Å². The summed E-state index contributed by atoms with van der Waals surface area (Å²) in [7, 11) is 2.03. The minimum atomic E-state index is 0.132. The van der Waals surface area contributed by atoms with Gasteiger partial charge in [0, 0.05) is 29.4 Å². The summed E-state index contributed by atoms with van der Waals surface area (Å²) in [5, 5.41) is 4.59. The molecular weight excluding hydrogens is 278 g/mol. The van der Waals surface area contributed by atoms with Crippen LogP contribution in [0.15, 0.2) is 0 Å². The molecule has 118 valence electrons. The monoisotopic (exact) mass is 307 g/mol. The van der Waals surface area contributed by atoms with E-state index in [0.29, 0.717) is 0 Å². The second kappa shape index (κ2) is 5.88. The standard InChI is InChI=1S/C17H29N3S/c1-17(2,3)15-14(11-18-4)21-16(19-15)20-10-9-12-7-5-6-8-13(12)20/h12-13,18H,5-11H2,1-4H3. The summed E-state index contributed by atoms with van der Waals surface area (Å²) in [6.45, 7) is 8.98. The van der Waals surface area contributed by atoms with Gasteiger partial charge in [0.1, 0.15) is 0 Å². The maximum Gasteiger partial charge on any atom is 0.186 e. The Morgan fingerprint density at radius 1 is 1.24 bits per heavy atom. The van der Waals surface area contributed by atoms with Gasteiger partial charge in [0.15, 0.2) is 5.13 Å². The minimum absolute atomic E-state index is 0.132. The van der Waals surface area contributed by atoms with Crippen molar-refractivity contribution in [3.63, 3.8) is 0 Å². The van der Waals surface area contributed by atoms with Crippen LogP contribution >= 0.6 is 11.3 Å². The molecule has 2 fully saturated rings. The summed E-state index contributed by atoms with van der Waals surface area (Å²) in [6, 6.07) is 0.764. The van der Waals surface area contributed by atoms with Crippen LogP contribution in [0.25, 0.3) is 0 Å². The highest BCUT2D eigenvalue weighted by molar-refractivity contribution is 7.15. The van der Waals surface area contributed by atoms with Gasteiger partial charge < -0.3 is 10.2 Å². The van der Waals surface area contributed by atoms with Crippen molar-refractivity contribution in [3.05, 3.63) is 10.6 Å². The Balaban J connectivity index is 1.88. The molecule has 0 spiro atoms. The molecular formula is C17H29N3S. The summed E-state index contributed by atoms with van der Waals surface area (Å²) >= 11 is 1.92. The summed E-state index contributed by atoms with van der Waals surface area (Å²) in [5.74, 6) is 0.925.